The van der Waals surface area contributed by atoms with Gasteiger partial charge in [-0.2, -0.15) is 0 Å². The van der Waals surface area contributed by atoms with Gasteiger partial charge in [-0.3, -0.25) is 9.69 Å². The van der Waals surface area contributed by atoms with Gasteiger partial charge in [0.1, 0.15) is 6.61 Å². The Hall–Kier alpha value is -2.61. The van der Waals surface area contributed by atoms with Crippen LogP contribution in [0.5, 0.6) is 0 Å². The summed E-state index contributed by atoms with van der Waals surface area (Å²) in [6.07, 6.45) is 0.762. The van der Waals surface area contributed by atoms with Crippen molar-refractivity contribution in [1.82, 2.24) is 20.0 Å². The van der Waals surface area contributed by atoms with Gasteiger partial charge in [-0.15, -0.1) is 0 Å². The van der Waals surface area contributed by atoms with Gasteiger partial charge < -0.3 is 19.9 Å². The maximum Gasteiger partial charge on any atom is 0.320 e. The molecule has 5 rings (SSSR count). The van der Waals surface area contributed by atoms with E-state index in [0.717, 1.165) is 24.5 Å². The summed E-state index contributed by atoms with van der Waals surface area (Å²) in [5, 5.41) is 3.70. The molecule has 0 spiro atoms. The van der Waals surface area contributed by atoms with E-state index in [2.05, 4.69) is 46.6 Å². The van der Waals surface area contributed by atoms with E-state index >= 15 is 0 Å². The fourth-order valence-electron chi connectivity index (χ4n) is 5.14. The van der Waals surface area contributed by atoms with Crippen LogP contribution in [0.25, 0.3) is 0 Å². The molecule has 1 N–H and O–H groups in total. The number of fused-ring (bicyclic) bond motifs is 1. The highest BCUT2D eigenvalue weighted by Crippen LogP contribution is 2.30. The number of nitrogens with zero attached hydrogens (tertiary/aromatic N) is 3. The van der Waals surface area contributed by atoms with Crippen LogP contribution in [0.3, 0.4) is 0 Å². The first kappa shape index (κ1) is 22.2. The molecule has 8 heteroatoms. The number of nitrogens with one attached hydrogen (secondary N) is 1. The van der Waals surface area contributed by atoms with Crippen molar-refractivity contribution in [3.63, 3.8) is 0 Å². The number of rotatable bonds is 3. The number of piperidine rings is 1. The number of hydrogen-bond donors (Lipinski definition) is 1. The topological polar surface area (TPSA) is 65.1 Å². The van der Waals surface area contributed by atoms with Crippen LogP contribution in [0, 0.1) is 0 Å². The van der Waals surface area contributed by atoms with Gasteiger partial charge in [-0.25, -0.2) is 4.79 Å². The van der Waals surface area contributed by atoms with Crippen molar-refractivity contribution in [1.29, 1.82) is 0 Å². The summed E-state index contributed by atoms with van der Waals surface area (Å²) in [5.74, 6) is -0.103. The van der Waals surface area contributed by atoms with E-state index in [1.807, 2.05) is 28.0 Å². The summed E-state index contributed by atoms with van der Waals surface area (Å²) in [7, 11) is 0. The van der Waals surface area contributed by atoms with Crippen molar-refractivity contribution in [2.75, 3.05) is 45.9 Å². The third-order valence-corrected chi connectivity index (χ3v) is 7.10. The van der Waals surface area contributed by atoms with Gasteiger partial charge >= 0.3 is 6.03 Å². The van der Waals surface area contributed by atoms with Crippen LogP contribution in [0.15, 0.2) is 54.6 Å². The van der Waals surface area contributed by atoms with Crippen molar-refractivity contribution in [2.24, 2.45) is 0 Å². The van der Waals surface area contributed by atoms with Gasteiger partial charge in [-0.05, 0) is 29.7 Å². The van der Waals surface area contributed by atoms with E-state index in [1.54, 1.807) is 0 Å². The Bertz CT molecular complexity index is 979. The molecule has 2 aromatic rings. The number of likely N-dealkylation sites (tertiary alicyclic amines) is 1. The Morgan fingerprint density at radius 3 is 2.36 bits per heavy atom. The summed E-state index contributed by atoms with van der Waals surface area (Å²) >= 11 is 6.13. The first-order valence-corrected chi connectivity index (χ1v) is 12.0. The van der Waals surface area contributed by atoms with Crippen LogP contribution >= 0.6 is 11.6 Å². The SMILES string of the molecule is O=C1CO[C@H]2CCN(C(=O)N3CCN(C(c4ccccc4)c4ccc(Cl)cc4)CC3)C[C@H]2N1. The molecule has 3 heterocycles. The molecule has 0 aliphatic carbocycles. The summed E-state index contributed by atoms with van der Waals surface area (Å²) in [6, 6.07) is 18.6. The average Bonchev–Trinajstić information content (AvgIpc) is 2.85. The molecule has 174 valence electrons. The molecule has 0 aromatic heterocycles. The van der Waals surface area contributed by atoms with Gasteiger partial charge in [0, 0.05) is 44.3 Å². The number of halogens is 1. The molecule has 0 saturated carbocycles. The van der Waals surface area contributed by atoms with Gasteiger partial charge in [0.05, 0.1) is 18.2 Å². The fourth-order valence-corrected chi connectivity index (χ4v) is 5.27. The zero-order chi connectivity index (χ0) is 22.8. The van der Waals surface area contributed by atoms with Crippen LogP contribution in [0.1, 0.15) is 23.6 Å². The molecule has 1 unspecified atom stereocenters. The molecule has 3 atom stereocenters. The molecular formula is C25H29ClN4O3. The van der Waals surface area contributed by atoms with Crippen LogP contribution in [-0.4, -0.2) is 84.7 Å². The Labute approximate surface area is 199 Å². The number of piperazine rings is 1. The number of benzene rings is 2. The molecule has 7 nitrogen and oxygen atoms in total. The van der Waals surface area contributed by atoms with Crippen molar-refractivity contribution in [3.05, 3.63) is 70.7 Å². The van der Waals surface area contributed by atoms with E-state index in [1.165, 1.54) is 11.1 Å². The molecule has 33 heavy (non-hydrogen) atoms. The summed E-state index contributed by atoms with van der Waals surface area (Å²) in [5.41, 5.74) is 2.43. The lowest BCUT2D eigenvalue weighted by Gasteiger charge is -2.44. The quantitative estimate of drug-likeness (QED) is 0.752. The van der Waals surface area contributed by atoms with E-state index in [9.17, 15) is 9.59 Å². The highest BCUT2D eigenvalue weighted by molar-refractivity contribution is 6.30. The molecule has 3 aliphatic rings. The number of hydrogen-bond acceptors (Lipinski definition) is 4. The van der Waals surface area contributed by atoms with Crippen LogP contribution < -0.4 is 5.32 Å². The van der Waals surface area contributed by atoms with Crippen molar-refractivity contribution in [2.45, 2.75) is 24.6 Å². The zero-order valence-electron chi connectivity index (χ0n) is 18.5. The van der Waals surface area contributed by atoms with E-state index < -0.39 is 0 Å². The first-order valence-electron chi connectivity index (χ1n) is 11.6. The monoisotopic (exact) mass is 468 g/mol. The lowest BCUT2D eigenvalue weighted by molar-refractivity contribution is -0.139. The molecular weight excluding hydrogens is 440 g/mol. The van der Waals surface area contributed by atoms with Crippen LogP contribution in [-0.2, 0) is 9.53 Å². The van der Waals surface area contributed by atoms with E-state index in [0.29, 0.717) is 26.2 Å². The predicted octanol–water partition coefficient (Wildman–Crippen LogP) is 2.76. The largest absolute Gasteiger partial charge is 0.366 e. The maximum absolute atomic E-state index is 13.2. The Morgan fingerprint density at radius 2 is 1.64 bits per heavy atom. The lowest BCUT2D eigenvalue weighted by Crippen LogP contribution is -2.63. The van der Waals surface area contributed by atoms with Gasteiger partial charge in [-0.1, -0.05) is 54.1 Å². The molecule has 0 radical (unpaired) electrons. The number of carbonyl (C=O) groups excluding carboxylic acids is 2. The molecule has 2 aromatic carbocycles. The molecule has 3 saturated heterocycles. The average molecular weight is 469 g/mol. The first-order chi connectivity index (χ1) is 16.1. The third kappa shape index (κ3) is 4.86. The maximum atomic E-state index is 13.2. The standard InChI is InChI=1S/C25H29ClN4O3/c26-20-8-6-19(7-9-20)24(18-4-2-1-3-5-18)28-12-14-29(15-13-28)25(32)30-11-10-22-21(16-30)27-23(31)17-33-22/h1-9,21-22,24H,10-17H2,(H,27,31)/t21-,22+,24?/m1/s1. The van der Waals surface area contributed by atoms with Gasteiger partial charge in [0.15, 0.2) is 0 Å². The number of carbonyl (C=O) groups is 2. The summed E-state index contributed by atoms with van der Waals surface area (Å²) in [6.45, 7) is 4.20. The molecule has 3 aliphatic heterocycles. The highest BCUT2D eigenvalue weighted by Gasteiger charge is 2.38. The van der Waals surface area contributed by atoms with Crippen LogP contribution in [0.4, 0.5) is 4.79 Å². The second-order valence-corrected chi connectivity index (χ2v) is 9.36. The Kier molecular flexibility index (Phi) is 6.53. The van der Waals surface area contributed by atoms with Crippen LogP contribution in [0.2, 0.25) is 5.02 Å². The highest BCUT2D eigenvalue weighted by atomic mass is 35.5. The van der Waals surface area contributed by atoms with Crippen molar-refractivity contribution < 1.29 is 14.3 Å². The zero-order valence-corrected chi connectivity index (χ0v) is 19.3. The predicted molar refractivity (Wildman–Crippen MR) is 126 cm³/mol. The fraction of sp³-hybridized carbons (Fsp3) is 0.440. The van der Waals surface area contributed by atoms with Crippen molar-refractivity contribution >= 4 is 23.5 Å². The molecule has 3 fully saturated rings. The Morgan fingerprint density at radius 1 is 0.939 bits per heavy atom. The molecule has 3 amide bonds. The second-order valence-electron chi connectivity index (χ2n) is 8.93. The normalized spacial score (nSPS) is 24.7. The number of urea groups is 1. The van der Waals surface area contributed by atoms with Gasteiger partial charge in [0.2, 0.25) is 5.91 Å². The lowest BCUT2D eigenvalue weighted by atomic mass is 9.96. The Balaban J connectivity index is 1.25. The minimum Gasteiger partial charge on any atom is -0.366 e. The summed E-state index contributed by atoms with van der Waals surface area (Å²) in [4.78, 5) is 31.1. The summed E-state index contributed by atoms with van der Waals surface area (Å²) < 4.78 is 5.62. The number of ether oxygens (including phenoxy) is 1. The third-order valence-electron chi connectivity index (χ3n) is 6.85. The minimum atomic E-state index is -0.113. The second kappa shape index (κ2) is 9.71. The van der Waals surface area contributed by atoms with Crippen molar-refractivity contribution in [3.8, 4) is 0 Å². The molecule has 0 bridgehead atoms. The number of amides is 3. The van der Waals surface area contributed by atoms with Gasteiger partial charge in [0.25, 0.3) is 0 Å². The van der Waals surface area contributed by atoms with E-state index in [4.69, 9.17) is 16.3 Å². The minimum absolute atomic E-state index is 0.00889. The number of morpholine rings is 1. The smallest absolute Gasteiger partial charge is 0.320 e. The van der Waals surface area contributed by atoms with E-state index in [-0.39, 0.29) is 36.7 Å².